The highest BCUT2D eigenvalue weighted by Crippen LogP contribution is 2.31. The molecule has 3 N–H and O–H groups in total. The fourth-order valence-electron chi connectivity index (χ4n) is 4.71. The predicted molar refractivity (Wildman–Crippen MR) is 135 cm³/mol. The van der Waals surface area contributed by atoms with Crippen LogP contribution in [0.1, 0.15) is 44.4 Å². The first-order valence-electron chi connectivity index (χ1n) is 11.7. The molecule has 33 heavy (non-hydrogen) atoms. The molecule has 1 aromatic carbocycles. The summed E-state index contributed by atoms with van der Waals surface area (Å²) in [5.41, 5.74) is 0.881. The third kappa shape index (κ3) is 5.25. The van der Waals surface area contributed by atoms with Gasteiger partial charge in [-0.2, -0.15) is 4.98 Å². The van der Waals surface area contributed by atoms with Gasteiger partial charge in [-0.25, -0.2) is 9.97 Å². The van der Waals surface area contributed by atoms with Gasteiger partial charge < -0.3 is 20.9 Å². The average Bonchev–Trinajstić information content (AvgIpc) is 3.23. The Morgan fingerprint density at radius 3 is 2.52 bits per heavy atom. The fourth-order valence-corrected chi connectivity index (χ4v) is 5.37. The third-order valence-corrected chi connectivity index (χ3v) is 7.07. The first-order chi connectivity index (χ1) is 16.0. The van der Waals surface area contributed by atoms with Crippen molar-refractivity contribution in [3.63, 3.8) is 0 Å². The van der Waals surface area contributed by atoms with E-state index >= 15 is 0 Å². The number of rotatable bonds is 8. The Morgan fingerprint density at radius 2 is 1.88 bits per heavy atom. The highest BCUT2D eigenvalue weighted by atomic mass is 32.1. The van der Waals surface area contributed by atoms with Crippen molar-refractivity contribution in [2.75, 3.05) is 24.2 Å². The molecular weight excluding hydrogens is 434 g/mol. The largest absolute Gasteiger partial charge is 0.351 e. The second-order valence-corrected chi connectivity index (χ2v) is 9.82. The van der Waals surface area contributed by atoms with Crippen molar-refractivity contribution in [3.8, 4) is 0 Å². The lowest BCUT2D eigenvalue weighted by Crippen LogP contribution is -2.56. The molecule has 176 valence electrons. The van der Waals surface area contributed by atoms with Gasteiger partial charge in [-0.15, -0.1) is 11.3 Å². The minimum atomic E-state index is 0.182. The molecule has 3 aromatic rings. The van der Waals surface area contributed by atoms with Crippen molar-refractivity contribution < 1.29 is 4.79 Å². The van der Waals surface area contributed by atoms with E-state index in [-0.39, 0.29) is 24.0 Å². The fraction of sp³-hybridized carbons (Fsp3) is 0.500. The molecule has 1 aliphatic rings. The number of carbonyl (C=O) groups is 1. The molecule has 2 unspecified atom stereocenters. The number of thiazole rings is 1. The maximum Gasteiger partial charge on any atom is 0.237 e. The van der Waals surface area contributed by atoms with Crippen LogP contribution in [0.15, 0.2) is 30.5 Å². The van der Waals surface area contributed by atoms with Gasteiger partial charge in [0.05, 0.1) is 12.1 Å². The van der Waals surface area contributed by atoms with E-state index in [0.29, 0.717) is 12.5 Å². The van der Waals surface area contributed by atoms with Crippen molar-refractivity contribution >= 4 is 45.0 Å². The number of aryl methyl sites for hydroxylation is 1. The van der Waals surface area contributed by atoms with E-state index in [1.807, 2.05) is 44.4 Å². The van der Waals surface area contributed by atoms with E-state index < -0.39 is 0 Å². The van der Waals surface area contributed by atoms with Gasteiger partial charge in [-0.05, 0) is 51.8 Å². The molecule has 1 amide bonds. The lowest BCUT2D eigenvalue weighted by atomic mass is 9.88. The van der Waals surface area contributed by atoms with Crippen LogP contribution in [0.5, 0.6) is 0 Å². The number of anilines is 3. The number of hydrogen-bond acceptors (Lipinski definition) is 8. The van der Waals surface area contributed by atoms with Gasteiger partial charge in [-0.3, -0.25) is 4.79 Å². The second-order valence-electron chi connectivity index (χ2n) is 8.58. The zero-order valence-corrected chi connectivity index (χ0v) is 20.6. The summed E-state index contributed by atoms with van der Waals surface area (Å²) < 4.78 is 0. The van der Waals surface area contributed by atoms with Crippen LogP contribution in [0.25, 0.3) is 10.9 Å². The average molecular weight is 468 g/mol. The monoisotopic (exact) mass is 467 g/mol. The molecule has 1 saturated heterocycles. The van der Waals surface area contributed by atoms with Crippen molar-refractivity contribution in [2.45, 2.75) is 64.6 Å². The topological polar surface area (TPSA) is 95.1 Å². The van der Waals surface area contributed by atoms with E-state index in [4.69, 9.17) is 9.97 Å². The highest BCUT2D eigenvalue weighted by Gasteiger charge is 2.36. The first kappa shape index (κ1) is 23.4. The van der Waals surface area contributed by atoms with Crippen molar-refractivity contribution in [1.29, 1.82) is 0 Å². The minimum Gasteiger partial charge on any atom is -0.351 e. The molecule has 0 radical (unpaired) electrons. The number of para-hydroxylation sites is 1. The SMILES string of the molecule is CCC1CC(Nc2nc(Nc3ncc(C)s3)c3ccccc3n2)CC(CC)N1C(=O)CNC. The predicted octanol–water partition coefficient (Wildman–Crippen LogP) is 4.32. The van der Waals surface area contributed by atoms with Crippen LogP contribution >= 0.6 is 11.3 Å². The maximum atomic E-state index is 12.8. The number of carbonyl (C=O) groups excluding carboxylic acids is 1. The second kappa shape index (κ2) is 10.4. The van der Waals surface area contributed by atoms with Gasteiger partial charge in [0.1, 0.15) is 5.82 Å². The number of piperidine rings is 1. The molecule has 3 heterocycles. The smallest absolute Gasteiger partial charge is 0.237 e. The van der Waals surface area contributed by atoms with Crippen LogP contribution in [0.4, 0.5) is 16.9 Å². The summed E-state index contributed by atoms with van der Waals surface area (Å²) in [5.74, 6) is 1.54. The van der Waals surface area contributed by atoms with Gasteiger partial charge in [0.2, 0.25) is 11.9 Å². The molecule has 0 spiro atoms. The number of benzene rings is 1. The summed E-state index contributed by atoms with van der Waals surface area (Å²) in [6, 6.07) is 8.62. The Kier molecular flexibility index (Phi) is 7.39. The molecule has 0 bridgehead atoms. The summed E-state index contributed by atoms with van der Waals surface area (Å²) in [5, 5.41) is 11.8. The summed E-state index contributed by atoms with van der Waals surface area (Å²) in [4.78, 5) is 30.1. The van der Waals surface area contributed by atoms with Gasteiger partial charge >= 0.3 is 0 Å². The molecule has 9 heteroatoms. The van der Waals surface area contributed by atoms with Gasteiger partial charge in [-0.1, -0.05) is 26.0 Å². The number of likely N-dealkylation sites (N-methyl/N-ethyl adjacent to an activating group) is 1. The molecule has 0 saturated carbocycles. The van der Waals surface area contributed by atoms with Crippen LogP contribution in [-0.2, 0) is 4.79 Å². The van der Waals surface area contributed by atoms with Crippen molar-refractivity contribution in [1.82, 2.24) is 25.2 Å². The van der Waals surface area contributed by atoms with E-state index in [9.17, 15) is 4.79 Å². The molecule has 4 rings (SSSR count). The van der Waals surface area contributed by atoms with Gasteiger partial charge in [0.15, 0.2) is 5.13 Å². The Morgan fingerprint density at radius 1 is 1.15 bits per heavy atom. The van der Waals surface area contributed by atoms with Gasteiger partial charge in [0, 0.05) is 34.6 Å². The number of amides is 1. The Balaban J connectivity index is 1.58. The summed E-state index contributed by atoms with van der Waals surface area (Å²) in [7, 11) is 1.82. The van der Waals surface area contributed by atoms with Crippen LogP contribution in [0.3, 0.4) is 0 Å². The number of hydrogen-bond donors (Lipinski definition) is 3. The number of nitrogens with one attached hydrogen (secondary N) is 3. The standard InChI is InChI=1S/C24H33N7OS/c1-5-17-11-16(12-18(6-2)31(17)21(32)14-25-4)27-23-28-20-10-8-7-9-19(20)22(29-23)30-24-26-13-15(3)33-24/h7-10,13,16-18,25H,5-6,11-12,14H2,1-4H3,(H2,26,27,28,29,30). The lowest BCUT2D eigenvalue weighted by Gasteiger charge is -2.45. The molecule has 2 atom stereocenters. The number of nitrogens with zero attached hydrogens (tertiary/aromatic N) is 4. The number of likely N-dealkylation sites (tertiary alicyclic amines) is 1. The quantitative estimate of drug-likeness (QED) is 0.454. The van der Waals surface area contributed by atoms with E-state index in [1.54, 1.807) is 11.3 Å². The number of fused-ring (bicyclic) bond motifs is 1. The van der Waals surface area contributed by atoms with Crippen LogP contribution in [0, 0.1) is 6.92 Å². The summed E-state index contributed by atoms with van der Waals surface area (Å²) in [6.07, 6.45) is 5.48. The van der Waals surface area contributed by atoms with E-state index in [2.05, 4.69) is 39.7 Å². The molecule has 1 fully saturated rings. The third-order valence-electron chi connectivity index (χ3n) is 6.24. The Hall–Kier alpha value is -2.78. The Bertz CT molecular complexity index is 1090. The van der Waals surface area contributed by atoms with Crippen molar-refractivity contribution in [2.24, 2.45) is 0 Å². The Labute approximate surface area is 199 Å². The van der Waals surface area contributed by atoms with Gasteiger partial charge in [0.25, 0.3) is 0 Å². The van der Waals surface area contributed by atoms with Crippen LogP contribution in [-0.4, -0.2) is 57.5 Å². The van der Waals surface area contributed by atoms with Crippen LogP contribution < -0.4 is 16.0 Å². The molecule has 2 aromatic heterocycles. The van der Waals surface area contributed by atoms with E-state index in [1.165, 1.54) is 0 Å². The molecule has 8 nitrogen and oxygen atoms in total. The summed E-state index contributed by atoms with van der Waals surface area (Å²) in [6.45, 7) is 6.73. The maximum absolute atomic E-state index is 12.8. The zero-order chi connectivity index (χ0) is 23.4. The lowest BCUT2D eigenvalue weighted by molar-refractivity contribution is -0.137. The normalized spacial score (nSPS) is 20.7. The zero-order valence-electron chi connectivity index (χ0n) is 19.8. The molecule has 1 aliphatic heterocycles. The minimum absolute atomic E-state index is 0.182. The summed E-state index contributed by atoms with van der Waals surface area (Å²) >= 11 is 1.60. The first-order valence-corrected chi connectivity index (χ1v) is 12.5. The number of aromatic nitrogens is 3. The van der Waals surface area contributed by atoms with Crippen molar-refractivity contribution in [3.05, 3.63) is 35.3 Å². The van der Waals surface area contributed by atoms with Crippen LogP contribution in [0.2, 0.25) is 0 Å². The van der Waals surface area contributed by atoms with E-state index in [0.717, 1.165) is 52.4 Å². The molecular formula is C24H33N7OS. The molecule has 0 aliphatic carbocycles. The highest BCUT2D eigenvalue weighted by molar-refractivity contribution is 7.15.